The molecule has 0 spiro atoms. The minimum absolute atomic E-state index is 0. The topological polar surface area (TPSA) is 138 Å². The zero-order valence-corrected chi connectivity index (χ0v) is 26.8. The fraction of sp³-hybridized carbons (Fsp3) is 0.552. The molecule has 11 heteroatoms. The molecule has 1 aliphatic rings. The number of carboxylic acid groups (broad SMARTS) is 1. The van der Waals surface area contributed by atoms with E-state index in [-0.39, 0.29) is 58.1 Å². The number of anilines is 1. The van der Waals surface area contributed by atoms with Crippen molar-refractivity contribution in [3.63, 3.8) is 0 Å². The molecule has 0 atom stereocenters. The van der Waals surface area contributed by atoms with Crippen LogP contribution in [0.1, 0.15) is 63.6 Å². The number of amides is 1. The molecule has 2 aromatic rings. The van der Waals surface area contributed by atoms with Crippen LogP contribution in [-0.2, 0) is 48.2 Å². The fourth-order valence-corrected chi connectivity index (χ4v) is 3.64. The number of aromatic nitrogens is 1. The first-order valence-electron chi connectivity index (χ1n) is 13.3. The van der Waals surface area contributed by atoms with Crippen LogP contribution in [0, 0.1) is 11.9 Å². The number of nitrogens with two attached hydrogens (primary N) is 1. The van der Waals surface area contributed by atoms with E-state index in [0.717, 1.165) is 56.6 Å². The minimum atomic E-state index is -0.878. The van der Waals surface area contributed by atoms with Crippen molar-refractivity contribution in [3.05, 3.63) is 59.5 Å². The number of benzene rings is 1. The Labute approximate surface area is 252 Å². The third kappa shape index (κ3) is 17.3. The van der Waals surface area contributed by atoms with E-state index in [9.17, 15) is 14.0 Å². The molecular weight excluding hydrogens is 687 g/mol. The standard InChI is InChI=1S/C17H25N3O3.C6H4F.C6H15NO2.W/c1-20(12-10-16(22)23)15(21)7-3-2-6-14-9-8-13-5-4-11-18-17(13)19-14;7-6-4-2-1-3-5-6;1-6(2,3-4-7)9-5-8;/h8-9H,2-7,10-12H2,1H3,(H,18,19)(H,22,23);1-4H;8H,3-5,7H2,1-2H3;/q;-1;;. The molecule has 5 N–H and O–H groups in total. The molecule has 1 aromatic carbocycles. The van der Waals surface area contributed by atoms with Gasteiger partial charge in [-0.1, -0.05) is 6.07 Å². The number of aliphatic carboxylic acids is 1. The van der Waals surface area contributed by atoms with Crippen molar-refractivity contribution >= 4 is 17.7 Å². The Morgan fingerprint density at radius 2 is 1.98 bits per heavy atom. The summed E-state index contributed by atoms with van der Waals surface area (Å²) in [6.07, 6.45) is 6.04. The monoisotopic (exact) mass is 731 g/mol. The number of hydrogen-bond acceptors (Lipinski definition) is 7. The molecule has 3 rings (SSSR count). The number of unbranched alkanes of at least 4 members (excludes halogenated alkanes) is 1. The molecule has 224 valence electrons. The molecule has 0 saturated carbocycles. The van der Waals surface area contributed by atoms with Gasteiger partial charge in [0.1, 0.15) is 12.6 Å². The van der Waals surface area contributed by atoms with Crippen LogP contribution in [0.2, 0.25) is 0 Å². The third-order valence-electron chi connectivity index (χ3n) is 5.99. The number of carboxylic acids is 1. The Kier molecular flexibility index (Phi) is 20.1. The molecule has 0 fully saturated rings. The molecule has 0 aliphatic carbocycles. The molecule has 1 amide bonds. The number of aliphatic hydroxyl groups is 1. The zero-order valence-electron chi connectivity index (χ0n) is 23.8. The Morgan fingerprint density at radius 3 is 2.55 bits per heavy atom. The number of carbonyl (C=O) groups is 2. The SMILES string of the molecule is CC(C)(CCN)OCO.CN(CCC(=O)O)C(=O)CCCCc1ccc2c(n1)NCCC2.Fc1[c-]cccc1.[W]. The zero-order chi connectivity index (χ0) is 29.1. The second-order valence-corrected chi connectivity index (χ2v) is 9.79. The van der Waals surface area contributed by atoms with E-state index in [1.54, 1.807) is 19.2 Å². The van der Waals surface area contributed by atoms with Gasteiger partial charge in [-0.25, -0.2) is 9.37 Å². The van der Waals surface area contributed by atoms with Crippen LogP contribution in [-0.4, -0.2) is 71.0 Å². The predicted molar refractivity (Wildman–Crippen MR) is 150 cm³/mol. The summed E-state index contributed by atoms with van der Waals surface area (Å²) in [4.78, 5) is 28.5. The van der Waals surface area contributed by atoms with Crippen LogP contribution >= 0.6 is 0 Å². The molecule has 0 bridgehead atoms. The number of aliphatic hydroxyl groups excluding tert-OH is 1. The Balaban J connectivity index is 0.000000734. The molecule has 1 aromatic heterocycles. The van der Waals surface area contributed by atoms with E-state index in [2.05, 4.69) is 28.5 Å². The smallest absolute Gasteiger partial charge is 0.305 e. The van der Waals surface area contributed by atoms with Crippen LogP contribution in [0.25, 0.3) is 0 Å². The van der Waals surface area contributed by atoms with Crippen molar-refractivity contribution in [3.8, 4) is 0 Å². The average molecular weight is 732 g/mol. The number of aryl methyl sites for hydroxylation is 2. The van der Waals surface area contributed by atoms with Crippen molar-refractivity contribution in [1.29, 1.82) is 0 Å². The summed E-state index contributed by atoms with van der Waals surface area (Å²) in [5.41, 5.74) is 7.36. The molecule has 0 radical (unpaired) electrons. The Bertz CT molecular complexity index is 974. The number of hydrogen-bond donors (Lipinski definition) is 4. The van der Waals surface area contributed by atoms with E-state index >= 15 is 0 Å². The van der Waals surface area contributed by atoms with Crippen LogP contribution < -0.4 is 11.1 Å². The first-order valence-corrected chi connectivity index (χ1v) is 13.3. The Morgan fingerprint density at radius 1 is 1.23 bits per heavy atom. The number of nitrogens with zero attached hydrogens (tertiary/aromatic N) is 2. The second-order valence-electron chi connectivity index (χ2n) is 9.79. The number of fused-ring (bicyclic) bond motifs is 1. The van der Waals surface area contributed by atoms with Gasteiger partial charge in [0.15, 0.2) is 0 Å². The number of pyridine rings is 1. The first kappa shape index (κ1) is 37.6. The fourth-order valence-electron chi connectivity index (χ4n) is 3.64. The van der Waals surface area contributed by atoms with E-state index in [0.29, 0.717) is 13.0 Å². The molecule has 9 nitrogen and oxygen atoms in total. The predicted octanol–water partition coefficient (Wildman–Crippen LogP) is 3.79. The van der Waals surface area contributed by atoms with Gasteiger partial charge in [0.2, 0.25) is 5.91 Å². The quantitative estimate of drug-likeness (QED) is 0.147. The summed E-state index contributed by atoms with van der Waals surface area (Å²) < 4.78 is 16.8. The van der Waals surface area contributed by atoms with Crippen molar-refractivity contribution in [2.45, 2.75) is 70.8 Å². The maximum Gasteiger partial charge on any atom is 0.305 e. The summed E-state index contributed by atoms with van der Waals surface area (Å²) in [5.74, 6) is -0.163. The van der Waals surface area contributed by atoms with Crippen molar-refractivity contribution in [2.24, 2.45) is 5.73 Å². The largest absolute Gasteiger partial charge is 0.481 e. The van der Waals surface area contributed by atoms with Crippen LogP contribution in [0.4, 0.5) is 10.2 Å². The van der Waals surface area contributed by atoms with E-state index in [1.165, 1.54) is 22.6 Å². The first-order chi connectivity index (χ1) is 18.6. The van der Waals surface area contributed by atoms with Gasteiger partial charge < -0.3 is 30.9 Å². The molecule has 2 heterocycles. The molecule has 40 heavy (non-hydrogen) atoms. The maximum absolute atomic E-state index is 11.9. The van der Waals surface area contributed by atoms with Crippen LogP contribution in [0.3, 0.4) is 0 Å². The van der Waals surface area contributed by atoms with E-state index in [1.807, 2.05) is 13.8 Å². The summed E-state index contributed by atoms with van der Waals surface area (Å²) >= 11 is 0. The van der Waals surface area contributed by atoms with Gasteiger partial charge in [0, 0.05) is 59.1 Å². The number of rotatable bonds is 12. The number of nitrogens with one attached hydrogen (secondary N) is 1. The van der Waals surface area contributed by atoms with Crippen LogP contribution in [0.15, 0.2) is 36.4 Å². The Hall–Kier alpha value is -2.39. The average Bonchev–Trinajstić information content (AvgIpc) is 2.90. The van der Waals surface area contributed by atoms with Crippen LogP contribution in [0.5, 0.6) is 0 Å². The second kappa shape index (κ2) is 21.4. The molecular formula is C29H44FN4O5W-. The van der Waals surface area contributed by atoms with Gasteiger partial charge in [0.25, 0.3) is 0 Å². The number of carbonyl (C=O) groups excluding carboxylic acids is 1. The number of halogens is 1. The normalized spacial score (nSPS) is 11.8. The van der Waals surface area contributed by atoms with E-state index < -0.39 is 5.97 Å². The maximum atomic E-state index is 11.9. The van der Waals surface area contributed by atoms with Gasteiger partial charge in [-0.15, -0.1) is 12.1 Å². The summed E-state index contributed by atoms with van der Waals surface area (Å²) in [6.45, 7) is 5.42. The van der Waals surface area contributed by atoms with Gasteiger partial charge in [-0.2, -0.15) is 18.2 Å². The number of ether oxygens (including phenoxy) is 1. The van der Waals surface area contributed by atoms with Gasteiger partial charge in [-0.3, -0.25) is 9.59 Å². The van der Waals surface area contributed by atoms with Crippen molar-refractivity contribution in [2.75, 3.05) is 38.8 Å². The van der Waals surface area contributed by atoms with Crippen molar-refractivity contribution < 1.29 is 50.0 Å². The molecule has 0 unspecified atom stereocenters. The molecule has 0 saturated heterocycles. The third-order valence-corrected chi connectivity index (χ3v) is 5.99. The van der Waals surface area contributed by atoms with Gasteiger partial charge >= 0.3 is 5.97 Å². The van der Waals surface area contributed by atoms with Gasteiger partial charge in [0.05, 0.1) is 12.0 Å². The minimum Gasteiger partial charge on any atom is -0.481 e. The summed E-state index contributed by atoms with van der Waals surface area (Å²) in [6, 6.07) is 12.8. The summed E-state index contributed by atoms with van der Waals surface area (Å²) in [7, 11) is 1.65. The van der Waals surface area contributed by atoms with Gasteiger partial charge in [-0.05, 0) is 70.5 Å². The van der Waals surface area contributed by atoms with E-state index in [4.69, 9.17) is 20.7 Å². The van der Waals surface area contributed by atoms with Crippen molar-refractivity contribution in [1.82, 2.24) is 9.88 Å². The summed E-state index contributed by atoms with van der Waals surface area (Å²) in [5, 5.41) is 20.3. The molecule has 1 aliphatic heterocycles.